The molecule has 3 aliphatic carbocycles. The Balaban J connectivity index is 1.98. The van der Waals surface area contributed by atoms with Gasteiger partial charge in [-0.15, -0.1) is 0 Å². The first-order chi connectivity index (χ1) is 7.21. The Morgan fingerprint density at radius 1 is 1.07 bits per heavy atom. The fourth-order valence-corrected chi connectivity index (χ4v) is 4.28. The quantitative estimate of drug-likeness (QED) is 0.591. The number of nitrogens with zero attached hydrogens (tertiary/aromatic N) is 4. The van der Waals surface area contributed by atoms with Gasteiger partial charge in [0.2, 0.25) is 0 Å². The lowest BCUT2D eigenvalue weighted by atomic mass is 9.73. The lowest BCUT2D eigenvalue weighted by molar-refractivity contribution is 0.188. The van der Waals surface area contributed by atoms with Crippen LogP contribution in [0.4, 0.5) is 0 Å². The highest BCUT2D eigenvalue weighted by atomic mass is 15.3. The highest BCUT2D eigenvalue weighted by molar-refractivity contribution is 5.44. The van der Waals surface area contributed by atoms with Crippen LogP contribution in [-0.4, -0.2) is 11.1 Å². The minimum absolute atomic E-state index is 0.309. The number of hydrogen-bond donors (Lipinski definition) is 0. The first-order valence-electron chi connectivity index (χ1n) is 5.48. The normalized spacial score (nSPS) is 66.2. The van der Waals surface area contributed by atoms with E-state index in [-0.39, 0.29) is 0 Å². The third kappa shape index (κ3) is 0.529. The maximum Gasteiger partial charge on any atom is 0.174 e. The highest BCUT2D eigenvalue weighted by Crippen LogP contribution is 2.78. The van der Waals surface area contributed by atoms with Gasteiger partial charge in [-0.2, -0.15) is 20.8 Å². The van der Waals surface area contributed by atoms with Crippen molar-refractivity contribution in [3.63, 3.8) is 0 Å². The molecular weight excluding hydrogens is 188 g/mol. The second-order valence-corrected chi connectivity index (χ2v) is 5.43. The van der Waals surface area contributed by atoms with Crippen molar-refractivity contribution < 1.29 is 0 Å². The molecule has 5 aliphatic rings. The van der Waals surface area contributed by atoms with Crippen molar-refractivity contribution in [3.8, 4) is 12.1 Å². The zero-order valence-corrected chi connectivity index (χ0v) is 8.38. The van der Waals surface area contributed by atoms with Crippen LogP contribution in [0.2, 0.25) is 0 Å². The largest absolute Gasteiger partial charge is 0.196 e. The molecule has 4 heteroatoms. The third-order valence-electron chi connectivity index (χ3n) is 5.06. The van der Waals surface area contributed by atoms with E-state index in [0.717, 1.165) is 6.42 Å². The molecule has 0 spiro atoms. The molecular formula is C11H10N4. The molecule has 0 saturated heterocycles. The Morgan fingerprint density at radius 3 is 1.93 bits per heavy atom. The Hall–Kier alpha value is -1.42. The molecule has 0 N–H and O–H groups in total. The molecule has 0 amide bonds. The van der Waals surface area contributed by atoms with E-state index in [4.69, 9.17) is 0 Å². The minimum Gasteiger partial charge on any atom is -0.196 e. The summed E-state index contributed by atoms with van der Waals surface area (Å²) in [6.45, 7) is 2.13. The SMILES string of the molecule is CC1[C@@H]2[C@H]1[C@]1(C#N)N=N[C@@]2(C#N)[C@H]2C[C@H]21. The second kappa shape index (κ2) is 1.80. The smallest absolute Gasteiger partial charge is 0.174 e. The van der Waals surface area contributed by atoms with Crippen LogP contribution in [0, 0.1) is 52.3 Å². The van der Waals surface area contributed by atoms with Crippen LogP contribution in [0.3, 0.4) is 0 Å². The van der Waals surface area contributed by atoms with Crippen molar-refractivity contribution in [2.75, 3.05) is 0 Å². The summed E-state index contributed by atoms with van der Waals surface area (Å²) in [6, 6.07) is 4.78. The average molecular weight is 198 g/mol. The highest BCUT2D eigenvalue weighted by Gasteiger charge is 2.84. The summed E-state index contributed by atoms with van der Waals surface area (Å²) in [5.41, 5.74) is -1.10. The van der Waals surface area contributed by atoms with Crippen LogP contribution in [-0.2, 0) is 0 Å². The number of azo groups is 1. The van der Waals surface area contributed by atoms with Crippen LogP contribution in [0.15, 0.2) is 10.2 Å². The van der Waals surface area contributed by atoms with Crippen molar-refractivity contribution in [1.82, 2.24) is 0 Å². The van der Waals surface area contributed by atoms with Gasteiger partial charge >= 0.3 is 0 Å². The predicted molar refractivity (Wildman–Crippen MR) is 49.3 cm³/mol. The van der Waals surface area contributed by atoms with E-state index in [9.17, 15) is 10.5 Å². The van der Waals surface area contributed by atoms with Gasteiger partial charge in [0.1, 0.15) is 0 Å². The van der Waals surface area contributed by atoms with Crippen molar-refractivity contribution in [2.45, 2.75) is 24.4 Å². The lowest BCUT2D eigenvalue weighted by Crippen LogP contribution is -2.48. The van der Waals surface area contributed by atoms with E-state index in [0.29, 0.717) is 29.6 Å². The molecule has 2 aliphatic heterocycles. The van der Waals surface area contributed by atoms with E-state index >= 15 is 0 Å². The minimum atomic E-state index is -0.548. The summed E-state index contributed by atoms with van der Waals surface area (Å²) in [5.74, 6) is 1.72. The zero-order valence-electron chi connectivity index (χ0n) is 8.38. The molecule has 5 rings (SSSR count). The van der Waals surface area contributed by atoms with E-state index in [1.54, 1.807) is 0 Å². The number of rotatable bonds is 0. The Bertz CT molecular complexity index is 442. The van der Waals surface area contributed by atoms with Gasteiger partial charge in [-0.25, -0.2) is 0 Å². The van der Waals surface area contributed by atoms with Gasteiger partial charge in [0.05, 0.1) is 12.1 Å². The van der Waals surface area contributed by atoms with Gasteiger partial charge < -0.3 is 0 Å². The van der Waals surface area contributed by atoms with Gasteiger partial charge in [0.15, 0.2) is 11.1 Å². The second-order valence-electron chi connectivity index (χ2n) is 5.43. The fourth-order valence-electron chi connectivity index (χ4n) is 4.28. The van der Waals surface area contributed by atoms with Gasteiger partial charge in [-0.3, -0.25) is 0 Å². The monoisotopic (exact) mass is 198 g/mol. The third-order valence-corrected chi connectivity index (χ3v) is 5.06. The van der Waals surface area contributed by atoms with Crippen molar-refractivity contribution >= 4 is 0 Å². The Labute approximate surface area is 87.6 Å². The van der Waals surface area contributed by atoms with E-state index < -0.39 is 11.1 Å². The summed E-state index contributed by atoms with van der Waals surface area (Å²) in [5, 5.41) is 27.2. The van der Waals surface area contributed by atoms with E-state index in [1.807, 2.05) is 0 Å². The van der Waals surface area contributed by atoms with Crippen LogP contribution >= 0.6 is 0 Å². The molecule has 0 radical (unpaired) electrons. The summed E-state index contributed by atoms with van der Waals surface area (Å²) in [7, 11) is 0. The molecule has 3 saturated carbocycles. The van der Waals surface area contributed by atoms with Crippen LogP contribution in [0.5, 0.6) is 0 Å². The lowest BCUT2D eigenvalue weighted by Gasteiger charge is -2.37. The molecule has 2 heterocycles. The van der Waals surface area contributed by atoms with Crippen molar-refractivity contribution in [3.05, 3.63) is 0 Å². The molecule has 7 atom stereocenters. The number of nitriles is 2. The standard InChI is InChI=1S/C11H10N4/c1-5-8-9(5)11(4-13)7-2-6(7)10(8,3-12)14-15-11/h5-9H,2H2,1H3/t5?,6-,7+,8+,9-,10-,11+. The Morgan fingerprint density at radius 2 is 1.53 bits per heavy atom. The van der Waals surface area contributed by atoms with Gasteiger partial charge in [-0.1, -0.05) is 6.92 Å². The molecule has 4 nitrogen and oxygen atoms in total. The molecule has 2 bridgehead atoms. The molecule has 0 aromatic carbocycles. The van der Waals surface area contributed by atoms with Gasteiger partial charge in [-0.05, 0) is 12.3 Å². The van der Waals surface area contributed by atoms with Crippen molar-refractivity contribution in [2.24, 2.45) is 39.8 Å². The van der Waals surface area contributed by atoms with Crippen LogP contribution < -0.4 is 0 Å². The first kappa shape index (κ1) is 7.82. The van der Waals surface area contributed by atoms with E-state index in [2.05, 4.69) is 29.3 Å². The molecule has 0 aromatic rings. The van der Waals surface area contributed by atoms with Crippen molar-refractivity contribution in [1.29, 1.82) is 10.5 Å². The molecule has 0 aromatic heterocycles. The van der Waals surface area contributed by atoms with Gasteiger partial charge in [0, 0.05) is 23.7 Å². The van der Waals surface area contributed by atoms with Crippen LogP contribution in [0.25, 0.3) is 0 Å². The Kier molecular flexibility index (Phi) is 0.940. The molecule has 15 heavy (non-hydrogen) atoms. The zero-order chi connectivity index (χ0) is 10.4. The summed E-state index contributed by atoms with van der Waals surface area (Å²) < 4.78 is 0. The summed E-state index contributed by atoms with van der Waals surface area (Å²) >= 11 is 0. The summed E-state index contributed by atoms with van der Waals surface area (Å²) in [4.78, 5) is 0. The molecule has 3 fully saturated rings. The molecule has 74 valence electrons. The maximum absolute atomic E-state index is 9.35. The topological polar surface area (TPSA) is 72.3 Å². The first-order valence-corrected chi connectivity index (χ1v) is 5.48. The predicted octanol–water partition coefficient (Wildman–Crippen LogP) is 1.51. The van der Waals surface area contributed by atoms with Gasteiger partial charge in [0.25, 0.3) is 0 Å². The fraction of sp³-hybridized carbons (Fsp3) is 0.818. The van der Waals surface area contributed by atoms with E-state index in [1.165, 1.54) is 0 Å². The number of hydrogen-bond acceptors (Lipinski definition) is 4. The summed E-state index contributed by atoms with van der Waals surface area (Å²) in [6.07, 6.45) is 0.980. The molecule has 1 unspecified atom stereocenters. The maximum atomic E-state index is 9.35. The van der Waals surface area contributed by atoms with Crippen LogP contribution in [0.1, 0.15) is 13.3 Å². The average Bonchev–Trinajstić information content (AvgIpc) is 3.14.